The van der Waals surface area contributed by atoms with Gasteiger partial charge in [0, 0.05) is 30.3 Å². The van der Waals surface area contributed by atoms with Crippen molar-refractivity contribution in [3.8, 4) is 11.1 Å². The van der Waals surface area contributed by atoms with Crippen molar-refractivity contribution < 1.29 is 4.74 Å². The molecule has 0 amide bonds. The summed E-state index contributed by atoms with van der Waals surface area (Å²) in [6, 6.07) is 10.5. The maximum Gasteiger partial charge on any atom is 0.138 e. The average molecular weight is 268 g/mol. The number of rotatable bonds is 4. The van der Waals surface area contributed by atoms with Gasteiger partial charge in [0.2, 0.25) is 0 Å². The van der Waals surface area contributed by atoms with E-state index in [1.54, 1.807) is 7.11 Å². The third-order valence-electron chi connectivity index (χ3n) is 4.01. The number of hydrogen-bond donors (Lipinski definition) is 1. The predicted molar refractivity (Wildman–Crippen MR) is 81.7 cm³/mol. The molecule has 104 valence electrons. The summed E-state index contributed by atoms with van der Waals surface area (Å²) in [6.45, 7) is 4.15. The van der Waals surface area contributed by atoms with E-state index >= 15 is 0 Å². The van der Waals surface area contributed by atoms with E-state index in [0.29, 0.717) is 0 Å². The smallest absolute Gasteiger partial charge is 0.138 e. The third-order valence-corrected chi connectivity index (χ3v) is 4.01. The molecule has 0 atom stereocenters. The van der Waals surface area contributed by atoms with Crippen molar-refractivity contribution in [1.82, 2.24) is 4.98 Å². The van der Waals surface area contributed by atoms with Gasteiger partial charge in [0.05, 0.1) is 0 Å². The summed E-state index contributed by atoms with van der Waals surface area (Å²) in [5, 5.41) is 3.53. The number of pyridine rings is 1. The molecule has 0 bridgehead atoms. The molecule has 2 aromatic rings. The number of methoxy groups -OCH3 is 1. The van der Waals surface area contributed by atoms with E-state index in [9.17, 15) is 0 Å². The van der Waals surface area contributed by atoms with E-state index < -0.39 is 0 Å². The van der Waals surface area contributed by atoms with Crippen LogP contribution in [0.25, 0.3) is 11.1 Å². The normalized spacial score (nSPS) is 15.9. The SMILES string of the molecule is COC1(Nc2cccc(-c3ccc(C)nc3)c2C)CC1. The van der Waals surface area contributed by atoms with Crippen molar-refractivity contribution in [3.05, 3.63) is 47.8 Å². The highest BCUT2D eigenvalue weighted by atomic mass is 16.5. The van der Waals surface area contributed by atoms with Crippen LogP contribution in [0.1, 0.15) is 24.1 Å². The number of nitrogens with one attached hydrogen (secondary N) is 1. The van der Waals surface area contributed by atoms with Crippen molar-refractivity contribution >= 4 is 5.69 Å². The molecule has 3 rings (SSSR count). The monoisotopic (exact) mass is 268 g/mol. The van der Waals surface area contributed by atoms with Gasteiger partial charge in [-0.1, -0.05) is 18.2 Å². The van der Waals surface area contributed by atoms with Gasteiger partial charge in [-0.05, 0) is 49.9 Å². The highest BCUT2D eigenvalue weighted by Gasteiger charge is 2.43. The van der Waals surface area contributed by atoms with Gasteiger partial charge in [0.15, 0.2) is 0 Å². The van der Waals surface area contributed by atoms with Crippen molar-refractivity contribution in [3.63, 3.8) is 0 Å². The molecule has 3 nitrogen and oxygen atoms in total. The standard InChI is InChI=1S/C17H20N2O/c1-12-7-8-14(11-18-12)15-5-4-6-16(13(15)2)19-17(20-3)9-10-17/h4-8,11,19H,9-10H2,1-3H3. The molecular weight excluding hydrogens is 248 g/mol. The molecule has 0 aliphatic heterocycles. The molecule has 1 saturated carbocycles. The topological polar surface area (TPSA) is 34.1 Å². The van der Waals surface area contributed by atoms with Crippen LogP contribution in [0.4, 0.5) is 5.69 Å². The molecule has 1 aromatic carbocycles. The van der Waals surface area contributed by atoms with Gasteiger partial charge in [-0.2, -0.15) is 0 Å². The van der Waals surface area contributed by atoms with Gasteiger partial charge < -0.3 is 10.1 Å². The molecule has 1 aromatic heterocycles. The Morgan fingerprint density at radius 2 is 1.95 bits per heavy atom. The number of nitrogens with zero attached hydrogens (tertiary/aromatic N) is 1. The van der Waals surface area contributed by atoms with Crippen LogP contribution in [0.3, 0.4) is 0 Å². The van der Waals surface area contributed by atoms with E-state index in [1.807, 2.05) is 19.2 Å². The summed E-state index contributed by atoms with van der Waals surface area (Å²) < 4.78 is 5.55. The lowest BCUT2D eigenvalue weighted by Crippen LogP contribution is -2.23. The second-order valence-corrected chi connectivity index (χ2v) is 5.49. The van der Waals surface area contributed by atoms with Crippen LogP contribution in [0, 0.1) is 13.8 Å². The first-order valence-corrected chi connectivity index (χ1v) is 6.99. The molecule has 20 heavy (non-hydrogen) atoms. The lowest BCUT2D eigenvalue weighted by molar-refractivity contribution is 0.104. The van der Waals surface area contributed by atoms with E-state index in [-0.39, 0.29) is 5.72 Å². The van der Waals surface area contributed by atoms with Crippen molar-refractivity contribution in [2.45, 2.75) is 32.4 Å². The largest absolute Gasteiger partial charge is 0.359 e. The second-order valence-electron chi connectivity index (χ2n) is 5.49. The van der Waals surface area contributed by atoms with E-state index in [4.69, 9.17) is 4.74 Å². The summed E-state index contributed by atoms with van der Waals surface area (Å²) in [4.78, 5) is 4.38. The van der Waals surface area contributed by atoms with Crippen molar-refractivity contribution in [2.24, 2.45) is 0 Å². The summed E-state index contributed by atoms with van der Waals surface area (Å²) in [6.07, 6.45) is 4.07. The molecule has 1 N–H and O–H groups in total. The fourth-order valence-electron chi connectivity index (χ4n) is 2.45. The Morgan fingerprint density at radius 3 is 2.55 bits per heavy atom. The highest BCUT2D eigenvalue weighted by Crippen LogP contribution is 2.41. The third kappa shape index (κ3) is 2.41. The van der Waals surface area contributed by atoms with Gasteiger partial charge >= 0.3 is 0 Å². The minimum absolute atomic E-state index is 0.144. The molecule has 1 aliphatic rings. The number of hydrogen-bond acceptors (Lipinski definition) is 3. The molecule has 3 heteroatoms. The van der Waals surface area contributed by atoms with Gasteiger partial charge in [0.25, 0.3) is 0 Å². The molecule has 0 radical (unpaired) electrons. The Balaban J connectivity index is 1.95. The fraction of sp³-hybridized carbons (Fsp3) is 0.353. The fourth-order valence-corrected chi connectivity index (χ4v) is 2.45. The van der Waals surface area contributed by atoms with Crippen LogP contribution in [0.2, 0.25) is 0 Å². The molecule has 1 fully saturated rings. The molecule has 0 unspecified atom stereocenters. The summed E-state index contributed by atoms with van der Waals surface area (Å²) >= 11 is 0. The van der Waals surface area contributed by atoms with Gasteiger partial charge in [-0.3, -0.25) is 4.98 Å². The number of aryl methyl sites for hydroxylation is 1. The van der Waals surface area contributed by atoms with Gasteiger partial charge in [-0.25, -0.2) is 0 Å². The first kappa shape index (κ1) is 13.1. The Morgan fingerprint density at radius 1 is 1.15 bits per heavy atom. The number of anilines is 1. The first-order chi connectivity index (χ1) is 9.63. The lowest BCUT2D eigenvalue weighted by atomic mass is 10.0. The zero-order valence-electron chi connectivity index (χ0n) is 12.2. The minimum Gasteiger partial charge on any atom is -0.359 e. The Bertz CT molecular complexity index is 615. The van der Waals surface area contributed by atoms with Gasteiger partial charge in [0.1, 0.15) is 5.72 Å². The lowest BCUT2D eigenvalue weighted by Gasteiger charge is -2.20. The summed E-state index contributed by atoms with van der Waals surface area (Å²) in [5.74, 6) is 0. The molecule has 0 saturated heterocycles. The molecule has 1 heterocycles. The van der Waals surface area contributed by atoms with Crippen LogP contribution in [0.5, 0.6) is 0 Å². The number of benzene rings is 1. The zero-order chi connectivity index (χ0) is 14.2. The highest BCUT2D eigenvalue weighted by molar-refractivity contribution is 5.73. The molecular formula is C17H20N2O. The Kier molecular flexibility index (Phi) is 3.22. The summed E-state index contributed by atoms with van der Waals surface area (Å²) in [5.41, 5.74) is 5.64. The Hall–Kier alpha value is -1.87. The molecule has 0 spiro atoms. The quantitative estimate of drug-likeness (QED) is 0.854. The first-order valence-electron chi connectivity index (χ1n) is 6.99. The number of aromatic nitrogens is 1. The van der Waals surface area contributed by atoms with Crippen LogP contribution in [-0.2, 0) is 4.74 Å². The summed E-state index contributed by atoms with van der Waals surface area (Å²) in [7, 11) is 1.77. The minimum atomic E-state index is -0.144. The average Bonchev–Trinajstić information content (AvgIpc) is 3.23. The van der Waals surface area contributed by atoms with Crippen LogP contribution in [-0.4, -0.2) is 17.8 Å². The second kappa shape index (κ2) is 4.91. The zero-order valence-corrected chi connectivity index (χ0v) is 12.2. The molecule has 1 aliphatic carbocycles. The maximum atomic E-state index is 5.55. The predicted octanol–water partition coefficient (Wildman–Crippen LogP) is 3.91. The van der Waals surface area contributed by atoms with E-state index in [2.05, 4.69) is 41.5 Å². The van der Waals surface area contributed by atoms with E-state index in [1.165, 1.54) is 11.1 Å². The van der Waals surface area contributed by atoms with E-state index in [0.717, 1.165) is 29.8 Å². The number of ether oxygens (including phenoxy) is 1. The van der Waals surface area contributed by atoms with Crippen LogP contribution < -0.4 is 5.32 Å². The Labute approximate surface area is 120 Å². The van der Waals surface area contributed by atoms with Crippen molar-refractivity contribution in [1.29, 1.82) is 0 Å². The maximum absolute atomic E-state index is 5.55. The van der Waals surface area contributed by atoms with Crippen LogP contribution >= 0.6 is 0 Å². The van der Waals surface area contributed by atoms with Crippen molar-refractivity contribution in [2.75, 3.05) is 12.4 Å². The van der Waals surface area contributed by atoms with Crippen LogP contribution in [0.15, 0.2) is 36.5 Å². The van der Waals surface area contributed by atoms with Gasteiger partial charge in [-0.15, -0.1) is 0 Å².